The Morgan fingerprint density at radius 2 is 1.16 bits per heavy atom. The number of nitrogens with one attached hydrogen (secondary N) is 5. The highest BCUT2D eigenvalue weighted by molar-refractivity contribution is 6.17. The molecule has 7 aromatic rings. The topological polar surface area (TPSA) is 247 Å². The molecule has 4 aromatic heterocycles. The van der Waals surface area contributed by atoms with Crippen LogP contribution in [0.3, 0.4) is 0 Å². The quantitative estimate of drug-likeness (QED) is 0.0297. The zero-order valence-electron chi connectivity index (χ0n) is 30.9. The van der Waals surface area contributed by atoms with E-state index in [0.29, 0.717) is 76.7 Å². The average molecular weight is 751 g/mol. The zero-order valence-corrected chi connectivity index (χ0v) is 30.9. The number of benzene rings is 3. The van der Waals surface area contributed by atoms with Crippen LogP contribution in [0.15, 0.2) is 97.3 Å². The van der Waals surface area contributed by atoms with Gasteiger partial charge in [0, 0.05) is 58.1 Å². The Morgan fingerprint density at radius 1 is 0.714 bits per heavy atom. The minimum atomic E-state index is -0.568. The average Bonchev–Trinajstić information content (AvgIpc) is 3.17. The number of guanidine groups is 2. The minimum Gasteiger partial charge on any atom is -0.616 e. The maximum absolute atomic E-state index is 14.0. The second-order valence-corrected chi connectivity index (χ2v) is 13.2. The number of rotatable bonds is 12. The summed E-state index contributed by atoms with van der Waals surface area (Å²) in [5, 5.41) is 37.9. The number of carbonyl (C=O) groups excluding carboxylic acids is 2. The Bertz CT molecular complexity index is 2510. The van der Waals surface area contributed by atoms with Gasteiger partial charge < -0.3 is 41.9 Å². The van der Waals surface area contributed by atoms with Crippen molar-refractivity contribution in [3.8, 4) is 0 Å². The fourth-order valence-electron chi connectivity index (χ4n) is 6.56. The molecule has 7 rings (SSSR count). The zero-order chi connectivity index (χ0) is 39.3. The van der Waals surface area contributed by atoms with Crippen molar-refractivity contribution in [2.45, 2.75) is 0 Å². The van der Waals surface area contributed by atoms with Gasteiger partial charge in [-0.2, -0.15) is 0 Å². The molecule has 0 fully saturated rings. The van der Waals surface area contributed by atoms with Crippen molar-refractivity contribution in [2.24, 2.45) is 19.8 Å². The second kappa shape index (κ2) is 15.9. The summed E-state index contributed by atoms with van der Waals surface area (Å²) in [4.78, 5) is 37.6. The molecule has 0 unspecified atom stereocenters. The summed E-state index contributed by atoms with van der Waals surface area (Å²) in [5.41, 5.74) is 14.2. The van der Waals surface area contributed by atoms with Gasteiger partial charge in [-0.15, -0.1) is 0 Å². The number of pyridine rings is 4. The summed E-state index contributed by atoms with van der Waals surface area (Å²) in [6.07, 6.45) is 3.58. The highest BCUT2D eigenvalue weighted by Gasteiger charge is 2.17. The van der Waals surface area contributed by atoms with Gasteiger partial charge >= 0.3 is 5.96 Å². The molecule has 0 aliphatic rings. The summed E-state index contributed by atoms with van der Waals surface area (Å²) < 4.78 is 3.83. The third-order valence-corrected chi connectivity index (χ3v) is 9.10. The number of aromatic nitrogens is 4. The van der Waals surface area contributed by atoms with Gasteiger partial charge in [0.15, 0.2) is 18.4 Å². The van der Waals surface area contributed by atoms with Gasteiger partial charge in [-0.25, -0.2) is 29.8 Å². The predicted octanol–water partition coefficient (Wildman–Crippen LogP) is 1.68. The van der Waals surface area contributed by atoms with Crippen LogP contribution in [0.1, 0.15) is 21.0 Å². The highest BCUT2D eigenvalue weighted by atomic mass is 16.2. The number of nitrogens with two attached hydrogens (primary N) is 2. The molecule has 0 spiro atoms. The van der Waals surface area contributed by atoms with Crippen molar-refractivity contribution in [3.63, 3.8) is 0 Å². The maximum Gasteiger partial charge on any atom is 0.434 e. The molecule has 12 N–H and O–H groups in total. The Morgan fingerprint density at radius 3 is 1.61 bits per heavy atom. The lowest BCUT2D eigenvalue weighted by atomic mass is 10.1. The van der Waals surface area contributed by atoms with Crippen molar-refractivity contribution >= 4 is 90.1 Å². The van der Waals surface area contributed by atoms with E-state index in [1.807, 2.05) is 96.0 Å². The van der Waals surface area contributed by atoms with E-state index in [4.69, 9.17) is 26.5 Å². The van der Waals surface area contributed by atoms with Gasteiger partial charge in [0.1, 0.15) is 32.5 Å². The Balaban J connectivity index is 1.33. The SMILES string of the molecule is C[n+]1cc([N-]C(=O)c2cc(NCCNC(=N)N)c3ccc4c(NCCNC(=[NH2+])[NH3+])cc(C(=O)[N-]c5cc6ccccc6[n+](C)c5)nc4c3n2)cc2ccccc21. The Hall–Kier alpha value is -7.46. The van der Waals surface area contributed by atoms with Crippen LogP contribution in [0.2, 0.25) is 0 Å². The van der Waals surface area contributed by atoms with E-state index in [2.05, 4.69) is 37.6 Å². The Labute approximate surface area is 321 Å². The monoisotopic (exact) mass is 750 g/mol. The van der Waals surface area contributed by atoms with Crippen molar-refractivity contribution in [1.82, 2.24) is 20.6 Å². The molecule has 0 aliphatic carbocycles. The van der Waals surface area contributed by atoms with Gasteiger partial charge in [-0.3, -0.25) is 11.1 Å². The summed E-state index contributed by atoms with van der Waals surface area (Å²) >= 11 is 0. The molecule has 0 radical (unpaired) electrons. The molecule has 0 atom stereocenters. The number of carbonyl (C=O) groups is 2. The van der Waals surface area contributed by atoms with E-state index >= 15 is 0 Å². The molecular formula is C40H42N14O2+2. The molecule has 4 heterocycles. The number of anilines is 2. The first-order valence-corrected chi connectivity index (χ1v) is 17.9. The molecule has 3 aromatic carbocycles. The summed E-state index contributed by atoms with van der Waals surface area (Å²) in [5.74, 6) is -0.957. The van der Waals surface area contributed by atoms with Crippen LogP contribution >= 0.6 is 0 Å². The smallest absolute Gasteiger partial charge is 0.434 e. The van der Waals surface area contributed by atoms with Crippen LogP contribution in [0, 0.1) is 5.41 Å². The third-order valence-electron chi connectivity index (χ3n) is 9.10. The van der Waals surface area contributed by atoms with E-state index in [9.17, 15) is 9.59 Å². The van der Waals surface area contributed by atoms with E-state index in [-0.39, 0.29) is 17.3 Å². The first kappa shape index (κ1) is 36.9. The number of quaternary nitrogens is 1. The molecule has 2 amide bonds. The highest BCUT2D eigenvalue weighted by Crippen LogP contribution is 2.35. The lowest BCUT2D eigenvalue weighted by Gasteiger charge is -2.21. The lowest BCUT2D eigenvalue weighted by Crippen LogP contribution is -2.76. The van der Waals surface area contributed by atoms with Crippen molar-refractivity contribution in [1.29, 1.82) is 5.41 Å². The molecule has 16 heteroatoms. The third kappa shape index (κ3) is 8.04. The van der Waals surface area contributed by atoms with Gasteiger partial charge in [-0.1, -0.05) is 47.8 Å². The molecule has 0 saturated heterocycles. The van der Waals surface area contributed by atoms with Crippen molar-refractivity contribution in [2.75, 3.05) is 36.8 Å². The van der Waals surface area contributed by atoms with Gasteiger partial charge in [0.2, 0.25) is 11.0 Å². The molecule has 282 valence electrons. The maximum atomic E-state index is 14.0. The number of fused-ring (bicyclic) bond motifs is 5. The fraction of sp³-hybridized carbons (Fsp3) is 0.150. The summed E-state index contributed by atoms with van der Waals surface area (Å²) in [6.45, 7) is 1.60. The molecule has 56 heavy (non-hydrogen) atoms. The van der Waals surface area contributed by atoms with Crippen LogP contribution in [-0.4, -0.2) is 59.9 Å². The molecule has 16 nitrogen and oxygen atoms in total. The van der Waals surface area contributed by atoms with Gasteiger partial charge in [0.05, 0.1) is 29.0 Å². The van der Waals surface area contributed by atoms with E-state index in [0.717, 1.165) is 21.8 Å². The number of hydrogen-bond donors (Lipinski definition) is 8. The number of para-hydroxylation sites is 2. The van der Waals surface area contributed by atoms with Crippen LogP contribution in [0.25, 0.3) is 54.2 Å². The van der Waals surface area contributed by atoms with E-state index in [1.54, 1.807) is 24.5 Å². The van der Waals surface area contributed by atoms with E-state index in [1.165, 1.54) is 0 Å². The van der Waals surface area contributed by atoms with Crippen LogP contribution < -0.4 is 47.3 Å². The lowest BCUT2D eigenvalue weighted by molar-refractivity contribution is -0.644. The van der Waals surface area contributed by atoms with Crippen LogP contribution in [-0.2, 0) is 14.1 Å². The largest absolute Gasteiger partial charge is 0.616 e. The first-order chi connectivity index (χ1) is 27.0. The summed E-state index contributed by atoms with van der Waals surface area (Å²) in [6, 6.07) is 26.4. The number of hydrogen-bond acceptors (Lipinski definition) is 7. The first-order valence-electron chi connectivity index (χ1n) is 17.9. The van der Waals surface area contributed by atoms with E-state index < -0.39 is 11.8 Å². The molecular weight excluding hydrogens is 709 g/mol. The second-order valence-electron chi connectivity index (χ2n) is 13.2. The number of nitrogens with zero attached hydrogens (tertiary/aromatic N) is 6. The minimum absolute atomic E-state index is 0.0647. The van der Waals surface area contributed by atoms with Crippen LogP contribution in [0.4, 0.5) is 22.7 Å². The standard InChI is InChI=1S/C40H40N14O2/c1-53-21-25(17-23-7-3-5-9-33(23)53)49-37(55)31-19-29(45-13-15-47-39(41)42)27-11-12-28-30(46-14-16-48-40(43)44)20-32(52-36(28)35(27)51-31)38(56)50-26-18-24-8-4-6-10-34(24)54(2)22-26/h3-12,17-22H,13-16H2,1-2H3,(H10-2,41,42,43,44,45,46,47,48,49,50,51,52,55,56)/p+2. The normalized spacial score (nSPS) is 11.1. The molecule has 0 bridgehead atoms. The number of amides is 2. The van der Waals surface area contributed by atoms with Gasteiger partial charge in [0.25, 0.3) is 0 Å². The van der Waals surface area contributed by atoms with Crippen molar-refractivity contribution < 1.29 is 29.9 Å². The summed E-state index contributed by atoms with van der Waals surface area (Å²) in [7, 11) is 3.80. The molecule has 0 aliphatic heterocycles. The predicted molar refractivity (Wildman–Crippen MR) is 217 cm³/mol. The number of aryl methyl sites for hydroxylation is 2. The van der Waals surface area contributed by atoms with Crippen LogP contribution in [0.5, 0.6) is 0 Å². The Kier molecular flexibility index (Phi) is 10.5. The van der Waals surface area contributed by atoms with Gasteiger partial charge in [-0.05, 0) is 36.4 Å². The van der Waals surface area contributed by atoms with Crippen molar-refractivity contribution in [3.05, 3.63) is 119 Å². The fourth-order valence-corrected chi connectivity index (χ4v) is 6.56. The molecule has 0 saturated carbocycles.